The molecule has 0 N–H and O–H groups in total. The number of hydrogen-bond acceptors (Lipinski definition) is 1. The van der Waals surface area contributed by atoms with Gasteiger partial charge < -0.3 is 0 Å². The topological polar surface area (TPSA) is 0 Å². The van der Waals surface area contributed by atoms with Gasteiger partial charge in [0.05, 0.1) is 12.1 Å². The van der Waals surface area contributed by atoms with Crippen molar-refractivity contribution < 1.29 is 21.4 Å². The maximum Gasteiger partial charge on any atom is 0.339 e. The number of hydrogen-bond donors (Lipinski definition) is 0. The van der Waals surface area contributed by atoms with E-state index in [4.69, 9.17) is 0 Å². The lowest BCUT2D eigenvalue weighted by molar-refractivity contribution is -0.223. The first-order valence-electron chi connectivity index (χ1n) is 9.57. The van der Waals surface area contributed by atoms with Gasteiger partial charge in [-0.3, -0.25) is 0 Å². The Labute approximate surface area is 167 Å². The Morgan fingerprint density at radius 3 is 1.64 bits per heavy atom. The maximum absolute atomic E-state index is 14.5. The second-order valence-corrected chi connectivity index (χ2v) is 7.59. The van der Waals surface area contributed by atoms with Crippen LogP contribution in [0.4, 0.5) is 21.4 Å². The summed E-state index contributed by atoms with van der Waals surface area (Å²) in [5.74, 6) is -8.76. The lowest BCUT2D eigenvalue weighted by atomic mass is 9.94. The smallest absolute Gasteiger partial charge is 0.194 e. The lowest BCUT2D eigenvalue weighted by Crippen LogP contribution is -2.35. The van der Waals surface area contributed by atoms with Gasteiger partial charge in [0, 0.05) is 16.0 Å². The zero-order valence-electron chi connectivity index (χ0n) is 15.9. The van der Waals surface area contributed by atoms with E-state index >= 15 is 0 Å². The first kappa shape index (κ1) is 22.7. The van der Waals surface area contributed by atoms with E-state index < -0.39 is 23.0 Å². The molecule has 2 aromatic rings. The number of rotatable bonds is 11. The Kier molecular flexibility index (Phi) is 8.35. The zero-order valence-corrected chi connectivity index (χ0v) is 16.7. The van der Waals surface area contributed by atoms with Crippen LogP contribution in [0, 0.1) is 0 Å². The van der Waals surface area contributed by atoms with Crippen molar-refractivity contribution >= 4 is 12.1 Å². The highest BCUT2D eigenvalue weighted by Gasteiger charge is 2.58. The van der Waals surface area contributed by atoms with Gasteiger partial charge in [0.2, 0.25) is 0 Å². The number of alkyl halides is 4. The molecular weight excluding hydrogens is 391 g/mol. The molecule has 6 heteroatoms. The quantitative estimate of drug-likeness (QED) is 0.261. The van der Waals surface area contributed by atoms with E-state index in [0.717, 1.165) is 67.6 Å². The molecule has 0 aromatic heterocycles. The molecule has 0 aliphatic rings. The van der Waals surface area contributed by atoms with E-state index in [1.807, 2.05) is 0 Å². The molecule has 0 saturated carbocycles. The van der Waals surface area contributed by atoms with Crippen LogP contribution >= 0.6 is 12.1 Å². The van der Waals surface area contributed by atoms with Crippen molar-refractivity contribution in [1.82, 2.24) is 0 Å². The van der Waals surface area contributed by atoms with Gasteiger partial charge in [-0.25, -0.2) is 0 Å². The van der Waals surface area contributed by atoms with Crippen molar-refractivity contribution in [2.75, 3.05) is 0 Å². The maximum atomic E-state index is 14.5. The van der Waals surface area contributed by atoms with Crippen molar-refractivity contribution in [3.05, 3.63) is 65.2 Å². The average Bonchev–Trinajstić information content (AvgIpc) is 2.71. The molecule has 0 fully saturated rings. The van der Waals surface area contributed by atoms with Crippen molar-refractivity contribution in [2.45, 2.75) is 68.6 Å². The molecule has 0 atom stereocenters. The van der Waals surface area contributed by atoms with Gasteiger partial charge in [-0.1, -0.05) is 75.4 Å². The van der Waals surface area contributed by atoms with Crippen LogP contribution < -0.4 is 0 Å². The molecule has 0 saturated heterocycles. The largest absolute Gasteiger partial charge is 0.339 e. The fourth-order valence-corrected chi connectivity index (χ4v) is 3.31. The summed E-state index contributed by atoms with van der Waals surface area (Å²) in [4.78, 5) is 0.0851. The van der Waals surface area contributed by atoms with Crippen LogP contribution in [0.15, 0.2) is 53.4 Å². The Morgan fingerprint density at radius 2 is 1.14 bits per heavy atom. The lowest BCUT2D eigenvalue weighted by Gasteiger charge is -2.27. The summed E-state index contributed by atoms with van der Waals surface area (Å²) >= 11 is -0.127. The molecule has 0 aliphatic heterocycles. The summed E-state index contributed by atoms with van der Waals surface area (Å²) in [7, 11) is 0. The highest BCUT2D eigenvalue weighted by molar-refractivity contribution is 7.94. The molecule has 0 amide bonds. The van der Waals surface area contributed by atoms with Crippen molar-refractivity contribution in [2.24, 2.45) is 0 Å². The predicted molar refractivity (Wildman–Crippen MR) is 105 cm³/mol. The summed E-state index contributed by atoms with van der Waals surface area (Å²) in [6, 6.07) is 8.94. The molecular formula is C22H25F5S. The van der Waals surface area contributed by atoms with Crippen LogP contribution in [0.5, 0.6) is 0 Å². The van der Waals surface area contributed by atoms with E-state index in [1.165, 1.54) is 31.4 Å². The third-order valence-corrected chi connectivity index (χ3v) is 5.29. The molecule has 0 nitrogen and oxygen atoms in total. The van der Waals surface area contributed by atoms with Crippen LogP contribution in [0.3, 0.4) is 0 Å². The minimum Gasteiger partial charge on any atom is -0.194 e. The molecule has 0 aliphatic carbocycles. The predicted octanol–water partition coefficient (Wildman–Crippen LogP) is 8.45. The SMILES string of the molecule is CCCCCCCCc1ccc(C(F)(F)C(F)(F)c2ccc(SF)cc2)cc1. The normalized spacial score (nSPS) is 12.4. The van der Waals surface area contributed by atoms with E-state index in [-0.39, 0.29) is 17.0 Å². The molecule has 28 heavy (non-hydrogen) atoms. The van der Waals surface area contributed by atoms with E-state index in [0.29, 0.717) is 0 Å². The summed E-state index contributed by atoms with van der Waals surface area (Å²) < 4.78 is 70.4. The van der Waals surface area contributed by atoms with E-state index in [1.54, 1.807) is 0 Å². The average molecular weight is 416 g/mol. The number of unbranched alkanes of at least 4 members (excludes halogenated alkanes) is 5. The van der Waals surface area contributed by atoms with Crippen LogP contribution in [-0.2, 0) is 18.3 Å². The molecule has 0 heterocycles. The molecule has 2 rings (SSSR count). The monoisotopic (exact) mass is 416 g/mol. The summed E-state index contributed by atoms with van der Waals surface area (Å²) in [6.07, 6.45) is 7.51. The fraction of sp³-hybridized carbons (Fsp3) is 0.455. The minimum atomic E-state index is -4.40. The van der Waals surface area contributed by atoms with E-state index in [9.17, 15) is 21.4 Å². The molecule has 0 spiro atoms. The molecule has 154 valence electrons. The Hall–Kier alpha value is -1.56. The highest BCUT2D eigenvalue weighted by Crippen LogP contribution is 2.49. The first-order valence-corrected chi connectivity index (χ1v) is 10.3. The molecule has 0 unspecified atom stereocenters. The van der Waals surface area contributed by atoms with Gasteiger partial charge in [0.1, 0.15) is 0 Å². The number of halogens is 5. The second-order valence-electron chi connectivity index (χ2n) is 6.97. The van der Waals surface area contributed by atoms with Crippen LogP contribution in [-0.4, -0.2) is 0 Å². The molecule has 0 radical (unpaired) electrons. The third-order valence-electron chi connectivity index (χ3n) is 4.84. The number of aryl methyl sites for hydroxylation is 1. The Balaban J connectivity index is 2.03. The molecule has 2 aromatic carbocycles. The Morgan fingerprint density at radius 1 is 0.679 bits per heavy atom. The number of benzene rings is 2. The first-order chi connectivity index (χ1) is 13.3. The second kappa shape index (κ2) is 10.3. The molecule has 0 bridgehead atoms. The summed E-state index contributed by atoms with van der Waals surface area (Å²) in [6.45, 7) is 2.15. The highest BCUT2D eigenvalue weighted by atomic mass is 32.2. The van der Waals surface area contributed by atoms with Crippen LogP contribution in [0.1, 0.15) is 62.1 Å². The standard InChI is InChI=1S/C22H25F5S/c1-2-3-4-5-6-7-8-17-9-11-18(12-10-17)21(23,24)22(25,26)19-13-15-20(28-27)16-14-19/h9-16H,2-8H2,1H3. The van der Waals surface area contributed by atoms with Crippen LogP contribution in [0.25, 0.3) is 0 Å². The van der Waals surface area contributed by atoms with Gasteiger partial charge in [0.15, 0.2) is 0 Å². The van der Waals surface area contributed by atoms with Gasteiger partial charge in [-0.05, 0) is 30.5 Å². The van der Waals surface area contributed by atoms with Gasteiger partial charge in [-0.2, -0.15) is 21.4 Å². The van der Waals surface area contributed by atoms with Gasteiger partial charge in [-0.15, -0.1) is 0 Å². The third kappa shape index (κ3) is 5.49. The fourth-order valence-electron chi connectivity index (χ4n) is 3.07. The van der Waals surface area contributed by atoms with Gasteiger partial charge in [0.25, 0.3) is 0 Å². The summed E-state index contributed by atoms with van der Waals surface area (Å²) in [5, 5.41) is 0. The van der Waals surface area contributed by atoms with Gasteiger partial charge >= 0.3 is 11.8 Å². The van der Waals surface area contributed by atoms with Crippen LogP contribution in [0.2, 0.25) is 0 Å². The minimum absolute atomic E-state index is 0.0851. The van der Waals surface area contributed by atoms with Crippen molar-refractivity contribution in [3.8, 4) is 0 Å². The zero-order chi connectivity index (χ0) is 20.6. The van der Waals surface area contributed by atoms with Crippen molar-refractivity contribution in [3.63, 3.8) is 0 Å². The Bertz CT molecular complexity index is 711. The van der Waals surface area contributed by atoms with E-state index in [2.05, 4.69) is 6.92 Å². The van der Waals surface area contributed by atoms with Crippen molar-refractivity contribution in [1.29, 1.82) is 0 Å². The summed E-state index contributed by atoms with van der Waals surface area (Å²) in [5.41, 5.74) is -0.706.